The van der Waals surface area contributed by atoms with Crippen molar-refractivity contribution in [2.75, 3.05) is 17.6 Å². The van der Waals surface area contributed by atoms with Crippen LogP contribution in [0.3, 0.4) is 0 Å². The Morgan fingerprint density at radius 3 is 2.71 bits per heavy atom. The Morgan fingerprint density at radius 1 is 1.53 bits per heavy atom. The Hall–Kier alpha value is -1.29. The molecule has 0 radical (unpaired) electrons. The zero-order valence-corrected chi connectivity index (χ0v) is 11.1. The fourth-order valence-electron chi connectivity index (χ4n) is 1.87. The van der Waals surface area contributed by atoms with Gasteiger partial charge in [-0.25, -0.2) is 4.98 Å². The fourth-order valence-corrected chi connectivity index (χ4v) is 1.87. The second-order valence-electron chi connectivity index (χ2n) is 5.37. The van der Waals surface area contributed by atoms with Gasteiger partial charge in [-0.15, -0.1) is 0 Å². The summed E-state index contributed by atoms with van der Waals surface area (Å²) >= 11 is 0. The van der Waals surface area contributed by atoms with Crippen LogP contribution in [-0.4, -0.2) is 22.2 Å². The van der Waals surface area contributed by atoms with E-state index in [4.69, 9.17) is 5.73 Å². The Morgan fingerprint density at radius 2 is 2.18 bits per heavy atom. The van der Waals surface area contributed by atoms with Crippen molar-refractivity contribution in [1.82, 2.24) is 4.98 Å². The number of hydrogen-bond donors (Lipinski definition) is 3. The Labute approximate surface area is 103 Å². The largest absolute Gasteiger partial charge is 0.398 e. The number of nitrogens with two attached hydrogens (primary N) is 1. The highest BCUT2D eigenvalue weighted by atomic mass is 16.3. The van der Waals surface area contributed by atoms with Crippen molar-refractivity contribution in [3.8, 4) is 0 Å². The maximum Gasteiger partial charge on any atom is 0.128 e. The molecule has 0 aliphatic carbocycles. The molecule has 0 saturated heterocycles. The molecule has 0 saturated carbocycles. The zero-order valence-electron chi connectivity index (χ0n) is 11.1. The summed E-state index contributed by atoms with van der Waals surface area (Å²) in [5, 5.41) is 13.3. The van der Waals surface area contributed by atoms with Crippen LogP contribution in [0, 0.1) is 12.8 Å². The summed E-state index contributed by atoms with van der Waals surface area (Å²) in [4.78, 5) is 4.22. The number of nitrogens with one attached hydrogen (secondary N) is 1. The Balaban J connectivity index is 2.58. The Bertz CT molecular complexity index is 375. The van der Waals surface area contributed by atoms with Gasteiger partial charge < -0.3 is 16.2 Å². The third-order valence-corrected chi connectivity index (χ3v) is 2.64. The highest BCUT2D eigenvalue weighted by molar-refractivity contribution is 5.53. The maximum absolute atomic E-state index is 10.1. The van der Waals surface area contributed by atoms with Gasteiger partial charge in [0.2, 0.25) is 0 Å². The van der Waals surface area contributed by atoms with Crippen LogP contribution in [0.15, 0.2) is 12.3 Å². The van der Waals surface area contributed by atoms with Crippen LogP contribution < -0.4 is 11.1 Å². The second-order valence-corrected chi connectivity index (χ2v) is 5.37. The first kappa shape index (κ1) is 13.8. The lowest BCUT2D eigenvalue weighted by molar-refractivity contribution is 0.0515. The predicted octanol–water partition coefficient (Wildman–Crippen LogP) is 2.18. The Kier molecular flexibility index (Phi) is 4.34. The van der Waals surface area contributed by atoms with Gasteiger partial charge in [0.25, 0.3) is 0 Å². The molecule has 17 heavy (non-hydrogen) atoms. The van der Waals surface area contributed by atoms with Gasteiger partial charge in [0.05, 0.1) is 5.60 Å². The van der Waals surface area contributed by atoms with Gasteiger partial charge in [0.1, 0.15) is 5.82 Å². The van der Waals surface area contributed by atoms with E-state index in [0.29, 0.717) is 24.0 Å². The van der Waals surface area contributed by atoms with Crippen LogP contribution in [0.5, 0.6) is 0 Å². The fraction of sp³-hybridized carbons (Fsp3) is 0.615. The lowest BCUT2D eigenvalue weighted by atomic mass is 9.94. The van der Waals surface area contributed by atoms with Crippen molar-refractivity contribution < 1.29 is 5.11 Å². The summed E-state index contributed by atoms with van der Waals surface area (Å²) in [5.74, 6) is 1.17. The third-order valence-electron chi connectivity index (χ3n) is 2.64. The topological polar surface area (TPSA) is 71.2 Å². The van der Waals surface area contributed by atoms with Crippen LogP contribution in [-0.2, 0) is 0 Å². The molecule has 0 spiro atoms. The average Bonchev–Trinajstić information content (AvgIpc) is 2.18. The van der Waals surface area contributed by atoms with Gasteiger partial charge in [-0.2, -0.15) is 0 Å². The van der Waals surface area contributed by atoms with E-state index in [9.17, 15) is 5.11 Å². The van der Waals surface area contributed by atoms with E-state index in [0.717, 1.165) is 12.0 Å². The maximum atomic E-state index is 10.1. The first-order valence-electron chi connectivity index (χ1n) is 5.98. The van der Waals surface area contributed by atoms with Crippen molar-refractivity contribution in [3.05, 3.63) is 17.8 Å². The second kappa shape index (κ2) is 5.36. The molecule has 0 aliphatic heterocycles. The lowest BCUT2D eigenvalue weighted by Crippen LogP contribution is -2.35. The summed E-state index contributed by atoms with van der Waals surface area (Å²) in [7, 11) is 0. The highest BCUT2D eigenvalue weighted by Crippen LogP contribution is 2.18. The highest BCUT2D eigenvalue weighted by Gasteiger charge is 2.21. The van der Waals surface area contributed by atoms with Gasteiger partial charge in [-0.3, -0.25) is 0 Å². The van der Waals surface area contributed by atoms with Gasteiger partial charge >= 0.3 is 0 Å². The van der Waals surface area contributed by atoms with Crippen LogP contribution in [0.1, 0.15) is 32.8 Å². The molecule has 0 fully saturated rings. The van der Waals surface area contributed by atoms with E-state index in [1.807, 2.05) is 13.8 Å². The van der Waals surface area contributed by atoms with Gasteiger partial charge in [-0.05, 0) is 31.7 Å². The molecule has 0 aromatic carbocycles. The van der Waals surface area contributed by atoms with Gasteiger partial charge in [0, 0.05) is 24.5 Å². The van der Waals surface area contributed by atoms with Gasteiger partial charge in [-0.1, -0.05) is 13.8 Å². The smallest absolute Gasteiger partial charge is 0.128 e. The van der Waals surface area contributed by atoms with Crippen LogP contribution in [0.2, 0.25) is 0 Å². The van der Waals surface area contributed by atoms with E-state index < -0.39 is 5.60 Å². The predicted molar refractivity (Wildman–Crippen MR) is 72.0 cm³/mol. The molecule has 0 amide bonds. The average molecular weight is 237 g/mol. The molecule has 4 nitrogen and oxygen atoms in total. The molecular weight excluding hydrogens is 214 g/mol. The minimum absolute atomic E-state index is 0.461. The molecule has 1 aromatic heterocycles. The van der Waals surface area contributed by atoms with E-state index in [1.165, 1.54) is 0 Å². The van der Waals surface area contributed by atoms with E-state index >= 15 is 0 Å². The summed E-state index contributed by atoms with van der Waals surface area (Å²) in [6.07, 6.45) is 2.48. The molecule has 1 atom stereocenters. The number of hydrogen-bond acceptors (Lipinski definition) is 4. The molecule has 1 rings (SSSR count). The molecule has 1 unspecified atom stereocenters. The summed E-state index contributed by atoms with van der Waals surface area (Å²) in [6.45, 7) is 8.41. The van der Waals surface area contributed by atoms with Crippen molar-refractivity contribution in [2.24, 2.45) is 5.92 Å². The van der Waals surface area contributed by atoms with Crippen molar-refractivity contribution >= 4 is 11.5 Å². The summed E-state index contributed by atoms with van der Waals surface area (Å²) in [6, 6.07) is 1.79. The monoisotopic (exact) mass is 237 g/mol. The number of pyridine rings is 1. The quantitative estimate of drug-likeness (QED) is 0.734. The number of aromatic nitrogens is 1. The normalized spacial score (nSPS) is 14.7. The molecule has 0 bridgehead atoms. The molecular formula is C13H23N3O. The minimum Gasteiger partial charge on any atom is -0.398 e. The first-order chi connectivity index (χ1) is 7.80. The van der Waals surface area contributed by atoms with Gasteiger partial charge in [0.15, 0.2) is 0 Å². The summed E-state index contributed by atoms with van der Waals surface area (Å²) in [5.41, 5.74) is 6.75. The standard InChI is InChI=1S/C13H23N3O/c1-9(2)6-13(4,17)8-16-12-5-11(14)10(3)7-15-12/h5,7,9,17H,6,8H2,1-4H3,(H3,14,15,16). The van der Waals surface area contributed by atoms with E-state index in [-0.39, 0.29) is 0 Å². The van der Waals surface area contributed by atoms with Crippen LogP contribution in [0.25, 0.3) is 0 Å². The van der Waals surface area contributed by atoms with Crippen molar-refractivity contribution in [2.45, 2.75) is 39.7 Å². The number of nitrogens with zero attached hydrogens (tertiary/aromatic N) is 1. The molecule has 1 heterocycles. The number of aliphatic hydroxyl groups is 1. The molecule has 4 heteroatoms. The first-order valence-corrected chi connectivity index (χ1v) is 5.98. The number of aryl methyl sites for hydroxylation is 1. The molecule has 96 valence electrons. The third kappa shape index (κ3) is 4.61. The molecule has 1 aromatic rings. The van der Waals surface area contributed by atoms with Crippen molar-refractivity contribution in [1.29, 1.82) is 0 Å². The number of anilines is 2. The van der Waals surface area contributed by atoms with E-state index in [2.05, 4.69) is 24.1 Å². The molecule has 4 N–H and O–H groups in total. The summed E-state index contributed by atoms with van der Waals surface area (Å²) < 4.78 is 0. The minimum atomic E-state index is -0.727. The number of nitrogen functional groups attached to an aromatic ring is 1. The van der Waals surface area contributed by atoms with Crippen LogP contribution >= 0.6 is 0 Å². The van der Waals surface area contributed by atoms with Crippen LogP contribution in [0.4, 0.5) is 11.5 Å². The molecule has 0 aliphatic rings. The lowest BCUT2D eigenvalue weighted by Gasteiger charge is -2.25. The number of rotatable bonds is 5. The van der Waals surface area contributed by atoms with Crippen molar-refractivity contribution in [3.63, 3.8) is 0 Å². The SMILES string of the molecule is Cc1cnc(NCC(C)(O)CC(C)C)cc1N. The van der Waals surface area contributed by atoms with E-state index in [1.54, 1.807) is 12.3 Å². The zero-order chi connectivity index (χ0) is 13.1.